The molecule has 2 heteroatoms. The van der Waals surface area contributed by atoms with Gasteiger partial charge in [-0.15, -0.1) is 0 Å². The average Bonchev–Trinajstić information content (AvgIpc) is 2.09. The minimum Gasteiger partial charge on any atom is -1.00 e. The third kappa shape index (κ3) is 6.03. The van der Waals surface area contributed by atoms with Crippen molar-refractivity contribution in [2.75, 3.05) is 6.61 Å². The van der Waals surface area contributed by atoms with Gasteiger partial charge in [-0.3, -0.25) is 0 Å². The highest BCUT2D eigenvalue weighted by Crippen LogP contribution is 2.11. The summed E-state index contributed by atoms with van der Waals surface area (Å²) in [6, 6.07) is 8.18. The van der Waals surface area contributed by atoms with Gasteiger partial charge >= 0.3 is 0 Å². The zero-order valence-electron chi connectivity index (χ0n) is 8.22. The predicted octanol–water partition coefficient (Wildman–Crippen LogP) is 0.814. The van der Waals surface area contributed by atoms with Crippen molar-refractivity contribution in [1.82, 2.24) is 0 Å². The molecule has 1 aromatic rings. The number of ether oxygens (including phenoxy) is 1. The second-order valence-corrected chi connectivity index (χ2v) is 3.02. The van der Waals surface area contributed by atoms with Gasteiger partial charge in [0.15, 0.2) is 0 Å². The molecule has 0 fully saturated rings. The van der Waals surface area contributed by atoms with E-state index in [0.717, 1.165) is 18.8 Å². The molecule has 0 amide bonds. The maximum atomic E-state index is 5.50. The van der Waals surface area contributed by atoms with Crippen LogP contribution in [-0.2, 0) is 0 Å². The third-order valence-electron chi connectivity index (χ3n) is 1.79. The molecule has 1 rings (SSSR count). The lowest BCUT2D eigenvalue weighted by atomic mass is 10.2. The van der Waals surface area contributed by atoms with Crippen LogP contribution >= 0.6 is 0 Å². The number of benzene rings is 1. The van der Waals surface area contributed by atoms with Gasteiger partial charge in [-0.25, -0.2) is 0 Å². The molecule has 0 heterocycles. The van der Waals surface area contributed by atoms with Crippen molar-refractivity contribution in [3.63, 3.8) is 0 Å². The van der Waals surface area contributed by atoms with E-state index in [4.69, 9.17) is 4.74 Å². The van der Waals surface area contributed by atoms with E-state index in [2.05, 4.69) is 26.0 Å². The Labute approximate surface area is 98.3 Å². The minimum atomic E-state index is 0. The number of halogens is 1. The molecule has 1 nitrogen and oxygen atoms in total. The minimum absolute atomic E-state index is 0. The number of unbranched alkanes of at least 4 members (excludes halogenated alkanes) is 1. The molecule has 0 unspecified atom stereocenters. The summed E-state index contributed by atoms with van der Waals surface area (Å²) in [6.07, 6.45) is 2.32. The highest BCUT2D eigenvalue weighted by Gasteiger charge is 1.90. The third-order valence-corrected chi connectivity index (χ3v) is 1.79. The van der Waals surface area contributed by atoms with Gasteiger partial charge in [0.2, 0.25) is 0 Å². The Balaban J connectivity index is 0. The van der Waals surface area contributed by atoms with Crippen LogP contribution in [0.3, 0.4) is 0 Å². The molecule has 0 aliphatic heterocycles. The second-order valence-electron chi connectivity index (χ2n) is 3.02. The quantitative estimate of drug-likeness (QED) is 0.728. The van der Waals surface area contributed by atoms with Crippen molar-refractivity contribution in [3.05, 3.63) is 29.8 Å². The van der Waals surface area contributed by atoms with Gasteiger partial charge < -0.3 is 21.7 Å². The zero-order chi connectivity index (χ0) is 8.81. The maximum absolute atomic E-state index is 5.50. The molecule has 0 aliphatic carbocycles. The van der Waals surface area contributed by atoms with Crippen LogP contribution in [0.25, 0.3) is 0 Å². The molecule has 1 aromatic carbocycles. The van der Waals surface area contributed by atoms with Gasteiger partial charge in [-0.05, 0) is 25.5 Å². The Morgan fingerprint density at radius 2 is 1.71 bits per heavy atom. The van der Waals surface area contributed by atoms with Gasteiger partial charge in [-0.2, -0.15) is 0 Å². The molecule has 0 aromatic heterocycles. The highest BCUT2D eigenvalue weighted by molar-refractivity contribution is 5.26. The summed E-state index contributed by atoms with van der Waals surface area (Å²) in [6.45, 7) is 5.08. The first-order valence-electron chi connectivity index (χ1n) is 4.52. The summed E-state index contributed by atoms with van der Waals surface area (Å²) in [5, 5.41) is 0. The highest BCUT2D eigenvalue weighted by atomic mass is 79.9. The molecule has 0 aliphatic rings. The van der Waals surface area contributed by atoms with E-state index in [1.165, 1.54) is 12.0 Å². The molecule has 0 radical (unpaired) electrons. The van der Waals surface area contributed by atoms with Crippen LogP contribution in [0.4, 0.5) is 0 Å². The fourth-order valence-corrected chi connectivity index (χ4v) is 0.969. The zero-order valence-corrected chi connectivity index (χ0v) is 9.80. The van der Waals surface area contributed by atoms with E-state index in [1.807, 2.05) is 12.1 Å². The first kappa shape index (κ1) is 15.9. The van der Waals surface area contributed by atoms with Crippen molar-refractivity contribution in [1.29, 1.82) is 0 Å². The molecule has 0 saturated carbocycles. The average molecular weight is 260 g/mol. The topological polar surface area (TPSA) is 9.23 Å². The first-order valence-corrected chi connectivity index (χ1v) is 4.52. The molecular weight excluding hydrogens is 240 g/mol. The fourth-order valence-electron chi connectivity index (χ4n) is 0.969. The van der Waals surface area contributed by atoms with Crippen LogP contribution in [0.15, 0.2) is 24.3 Å². The molecule has 0 spiro atoms. The Morgan fingerprint density at radius 1 is 1.14 bits per heavy atom. The normalized spacial score (nSPS) is 8.43. The Bertz CT molecular complexity index is 218. The van der Waals surface area contributed by atoms with Crippen LogP contribution in [0.2, 0.25) is 0 Å². The fraction of sp³-hybridized carbons (Fsp3) is 0.500. The molecule has 0 N–H and O–H groups in total. The monoisotopic (exact) mass is 259 g/mol. The summed E-state index contributed by atoms with van der Waals surface area (Å²) in [5.74, 6) is 0.981. The van der Waals surface area contributed by atoms with E-state index < -0.39 is 0 Å². The van der Waals surface area contributed by atoms with Crippen LogP contribution in [0.5, 0.6) is 5.75 Å². The van der Waals surface area contributed by atoms with Crippen LogP contribution < -0.4 is 21.7 Å². The number of aryl methyl sites for hydroxylation is 1. The van der Waals surface area contributed by atoms with Gasteiger partial charge in [0.1, 0.15) is 5.75 Å². The molecule has 14 heavy (non-hydrogen) atoms. The summed E-state index contributed by atoms with van der Waals surface area (Å²) in [4.78, 5) is 0. The van der Waals surface area contributed by atoms with E-state index in [9.17, 15) is 0 Å². The Morgan fingerprint density at radius 3 is 2.21 bits per heavy atom. The molecule has 0 atom stereocenters. The smallest absolute Gasteiger partial charge is 0.119 e. The van der Waals surface area contributed by atoms with E-state index in [-0.39, 0.29) is 24.4 Å². The van der Waals surface area contributed by atoms with E-state index >= 15 is 0 Å². The van der Waals surface area contributed by atoms with Gasteiger partial charge in [0, 0.05) is 0 Å². The summed E-state index contributed by atoms with van der Waals surface area (Å²) in [7, 11) is 0. The standard InChI is InChI=1S/C11H16O.CH4.BrH/c1-3-4-9-12-11-7-5-10(2)6-8-11;;/h5-8H,3-4,9H2,1-2H3;1H4;1H/p-1. The van der Waals surface area contributed by atoms with Crippen molar-refractivity contribution in [3.8, 4) is 5.75 Å². The number of hydrogen-bond acceptors (Lipinski definition) is 1. The molecule has 0 saturated heterocycles. The largest absolute Gasteiger partial charge is 1.00 e. The number of rotatable bonds is 4. The van der Waals surface area contributed by atoms with Crippen molar-refractivity contribution >= 4 is 0 Å². The second kappa shape index (κ2) is 9.07. The maximum Gasteiger partial charge on any atom is 0.119 e. The van der Waals surface area contributed by atoms with Crippen molar-refractivity contribution in [2.24, 2.45) is 0 Å². The van der Waals surface area contributed by atoms with Crippen LogP contribution in [-0.4, -0.2) is 6.61 Å². The summed E-state index contributed by atoms with van der Waals surface area (Å²) >= 11 is 0. The van der Waals surface area contributed by atoms with Gasteiger partial charge in [0.05, 0.1) is 6.61 Å². The number of hydrogen-bond donors (Lipinski definition) is 0. The van der Waals surface area contributed by atoms with E-state index in [0.29, 0.717) is 0 Å². The van der Waals surface area contributed by atoms with Gasteiger partial charge in [0.25, 0.3) is 0 Å². The lowest BCUT2D eigenvalue weighted by Gasteiger charge is -2.04. The van der Waals surface area contributed by atoms with Crippen LogP contribution in [0, 0.1) is 6.92 Å². The Hall–Kier alpha value is -0.500. The summed E-state index contributed by atoms with van der Waals surface area (Å²) in [5.41, 5.74) is 1.28. The lowest BCUT2D eigenvalue weighted by molar-refractivity contribution is -0.00000353. The SMILES string of the molecule is C.CCCCOc1ccc(C)cc1.[Br-]. The van der Waals surface area contributed by atoms with Gasteiger partial charge in [-0.1, -0.05) is 38.5 Å². The van der Waals surface area contributed by atoms with Crippen molar-refractivity contribution in [2.45, 2.75) is 34.1 Å². The van der Waals surface area contributed by atoms with Crippen LogP contribution in [0.1, 0.15) is 32.8 Å². The lowest BCUT2D eigenvalue weighted by Crippen LogP contribution is -3.00. The molecular formula is C12H20BrO-. The predicted molar refractivity (Wildman–Crippen MR) is 58.3 cm³/mol. The molecule has 82 valence electrons. The molecule has 0 bridgehead atoms. The van der Waals surface area contributed by atoms with Crippen molar-refractivity contribution < 1.29 is 21.7 Å². The Kier molecular flexibility index (Phi) is 10.3. The van der Waals surface area contributed by atoms with E-state index in [1.54, 1.807) is 0 Å². The summed E-state index contributed by atoms with van der Waals surface area (Å²) < 4.78 is 5.50. The first-order chi connectivity index (χ1) is 5.83.